The summed E-state index contributed by atoms with van der Waals surface area (Å²) in [4.78, 5) is 10.6. The zero-order valence-corrected chi connectivity index (χ0v) is 12.4. The van der Waals surface area contributed by atoms with Crippen LogP contribution in [0, 0.1) is 27.9 Å². The van der Waals surface area contributed by atoms with Gasteiger partial charge < -0.3 is 10.1 Å². The van der Waals surface area contributed by atoms with Crippen molar-refractivity contribution in [2.75, 3.05) is 18.5 Å². The van der Waals surface area contributed by atoms with Crippen LogP contribution in [0.1, 0.15) is 32.6 Å². The first-order valence-electron chi connectivity index (χ1n) is 7.83. The average Bonchev–Trinajstić information content (AvgIpc) is 3.33. The lowest BCUT2D eigenvalue weighted by molar-refractivity contribution is -0.384. The van der Waals surface area contributed by atoms with E-state index in [4.69, 9.17) is 4.74 Å². The Hall–Kier alpha value is -1.78. The van der Waals surface area contributed by atoms with Crippen LogP contribution in [0.3, 0.4) is 0 Å². The van der Waals surface area contributed by atoms with E-state index in [9.17, 15) is 10.1 Å². The number of nitro benzene ring substituents is 1. The van der Waals surface area contributed by atoms with E-state index in [-0.39, 0.29) is 10.6 Å². The summed E-state index contributed by atoms with van der Waals surface area (Å²) in [7, 11) is 0. The molecule has 2 aliphatic carbocycles. The number of hydrogen-bond acceptors (Lipinski definition) is 4. The Kier molecular flexibility index (Phi) is 3.99. The number of nitrogens with zero attached hydrogens (tertiary/aromatic N) is 1. The van der Waals surface area contributed by atoms with Gasteiger partial charge >= 0.3 is 0 Å². The number of rotatable bonds is 8. The highest BCUT2D eigenvalue weighted by Crippen LogP contribution is 2.49. The van der Waals surface area contributed by atoms with E-state index >= 15 is 0 Å². The van der Waals surface area contributed by atoms with Crippen molar-refractivity contribution < 1.29 is 9.66 Å². The minimum atomic E-state index is -0.368. The first-order chi connectivity index (χ1) is 10.2. The second-order valence-corrected chi connectivity index (χ2v) is 6.13. The van der Waals surface area contributed by atoms with Crippen LogP contribution in [-0.2, 0) is 0 Å². The maximum atomic E-state index is 11.0. The summed E-state index contributed by atoms with van der Waals surface area (Å²) < 4.78 is 5.42. The molecular formula is C16H22N2O3. The zero-order chi connectivity index (χ0) is 14.8. The van der Waals surface area contributed by atoms with Gasteiger partial charge in [0.25, 0.3) is 5.69 Å². The van der Waals surface area contributed by atoms with E-state index < -0.39 is 0 Å². The number of nitro groups is 1. The highest BCUT2D eigenvalue weighted by molar-refractivity contribution is 5.56. The van der Waals surface area contributed by atoms with Crippen molar-refractivity contribution >= 4 is 11.4 Å². The first-order valence-corrected chi connectivity index (χ1v) is 7.83. The third-order valence-electron chi connectivity index (χ3n) is 4.41. The lowest BCUT2D eigenvalue weighted by atomic mass is 9.98. The smallest absolute Gasteiger partial charge is 0.275 e. The maximum absolute atomic E-state index is 11.0. The monoisotopic (exact) mass is 290 g/mol. The molecule has 2 saturated carbocycles. The van der Waals surface area contributed by atoms with E-state index in [0.717, 1.165) is 30.0 Å². The van der Waals surface area contributed by atoms with Gasteiger partial charge in [0.1, 0.15) is 5.75 Å². The van der Waals surface area contributed by atoms with E-state index in [1.165, 1.54) is 31.7 Å². The van der Waals surface area contributed by atoms with Crippen molar-refractivity contribution in [1.82, 2.24) is 0 Å². The SMILES string of the molecule is CCOc1cc(NCC(C2CC2)C2CC2)cc([N+](=O)[O-])c1. The van der Waals surface area contributed by atoms with Crippen molar-refractivity contribution in [2.45, 2.75) is 32.6 Å². The number of nitrogens with one attached hydrogen (secondary N) is 1. The molecule has 0 bridgehead atoms. The molecule has 1 N–H and O–H groups in total. The number of hydrogen-bond donors (Lipinski definition) is 1. The van der Waals surface area contributed by atoms with Gasteiger partial charge in [0, 0.05) is 24.4 Å². The fourth-order valence-corrected chi connectivity index (χ4v) is 3.04. The second-order valence-electron chi connectivity index (χ2n) is 6.13. The van der Waals surface area contributed by atoms with E-state index in [1.54, 1.807) is 6.07 Å². The van der Waals surface area contributed by atoms with Crippen LogP contribution in [0.4, 0.5) is 11.4 Å². The molecular weight excluding hydrogens is 268 g/mol. The summed E-state index contributed by atoms with van der Waals surface area (Å²) in [5.41, 5.74) is 0.872. The van der Waals surface area contributed by atoms with E-state index in [2.05, 4.69) is 5.32 Å². The third kappa shape index (κ3) is 3.65. The first kappa shape index (κ1) is 14.2. The van der Waals surface area contributed by atoms with E-state index in [0.29, 0.717) is 12.4 Å². The van der Waals surface area contributed by atoms with Gasteiger partial charge in [-0.05, 0) is 50.4 Å². The van der Waals surface area contributed by atoms with Crippen molar-refractivity contribution in [3.63, 3.8) is 0 Å². The molecule has 2 aliphatic rings. The molecule has 0 amide bonds. The van der Waals surface area contributed by atoms with Gasteiger partial charge in [0.2, 0.25) is 0 Å². The van der Waals surface area contributed by atoms with Gasteiger partial charge in [0.15, 0.2) is 0 Å². The van der Waals surface area contributed by atoms with Gasteiger partial charge in [-0.2, -0.15) is 0 Å². The Morgan fingerprint density at radius 2 is 1.95 bits per heavy atom. The summed E-state index contributed by atoms with van der Waals surface area (Å²) >= 11 is 0. The Balaban J connectivity index is 1.69. The molecule has 0 heterocycles. The van der Waals surface area contributed by atoms with Crippen LogP contribution in [0.15, 0.2) is 18.2 Å². The molecule has 1 aromatic carbocycles. The predicted molar refractivity (Wildman–Crippen MR) is 81.7 cm³/mol. The van der Waals surface area contributed by atoms with Gasteiger partial charge in [-0.25, -0.2) is 0 Å². The molecule has 0 aromatic heterocycles. The van der Waals surface area contributed by atoms with Gasteiger partial charge in [-0.3, -0.25) is 10.1 Å². The molecule has 21 heavy (non-hydrogen) atoms. The summed E-state index contributed by atoms with van der Waals surface area (Å²) in [6.07, 6.45) is 5.40. The summed E-state index contributed by atoms with van der Waals surface area (Å²) in [6, 6.07) is 4.93. The molecule has 1 aromatic rings. The average molecular weight is 290 g/mol. The standard InChI is InChI=1S/C16H22N2O3/c1-2-21-15-8-13(7-14(9-15)18(19)20)17-10-16(11-3-4-11)12-5-6-12/h7-9,11-12,16-17H,2-6,10H2,1H3. The summed E-state index contributed by atoms with van der Waals surface area (Å²) in [5.74, 6) is 3.04. The fourth-order valence-electron chi connectivity index (χ4n) is 3.04. The maximum Gasteiger partial charge on any atom is 0.275 e. The topological polar surface area (TPSA) is 64.4 Å². The van der Waals surface area contributed by atoms with Crippen molar-refractivity contribution in [1.29, 1.82) is 0 Å². The molecule has 0 atom stereocenters. The number of benzene rings is 1. The van der Waals surface area contributed by atoms with Crippen LogP contribution in [0.5, 0.6) is 5.75 Å². The molecule has 0 spiro atoms. The molecule has 3 rings (SSSR count). The molecule has 0 aliphatic heterocycles. The Labute approximate surface area is 124 Å². The number of anilines is 1. The second kappa shape index (κ2) is 5.92. The van der Waals surface area contributed by atoms with Gasteiger partial charge in [-0.1, -0.05) is 0 Å². The fraction of sp³-hybridized carbons (Fsp3) is 0.625. The van der Waals surface area contributed by atoms with Crippen molar-refractivity contribution in [2.24, 2.45) is 17.8 Å². The molecule has 5 nitrogen and oxygen atoms in total. The van der Waals surface area contributed by atoms with Crippen LogP contribution < -0.4 is 10.1 Å². The molecule has 114 valence electrons. The van der Waals surface area contributed by atoms with E-state index in [1.807, 2.05) is 13.0 Å². The molecule has 0 saturated heterocycles. The van der Waals surface area contributed by atoms with Crippen LogP contribution in [0.2, 0.25) is 0 Å². The minimum absolute atomic E-state index is 0.0813. The summed E-state index contributed by atoms with van der Waals surface area (Å²) in [6.45, 7) is 3.30. The lowest BCUT2D eigenvalue weighted by Crippen LogP contribution is -2.18. The third-order valence-corrected chi connectivity index (χ3v) is 4.41. The minimum Gasteiger partial charge on any atom is -0.494 e. The largest absolute Gasteiger partial charge is 0.494 e. The molecule has 5 heteroatoms. The van der Waals surface area contributed by atoms with Gasteiger partial charge in [-0.15, -0.1) is 0 Å². The lowest BCUT2D eigenvalue weighted by Gasteiger charge is -2.17. The quantitative estimate of drug-likeness (QED) is 0.583. The summed E-state index contributed by atoms with van der Waals surface area (Å²) in [5, 5.41) is 14.4. The molecule has 0 radical (unpaired) electrons. The highest BCUT2D eigenvalue weighted by atomic mass is 16.6. The van der Waals surface area contributed by atoms with Crippen LogP contribution in [0.25, 0.3) is 0 Å². The Morgan fingerprint density at radius 1 is 1.29 bits per heavy atom. The number of non-ortho nitro benzene ring substituents is 1. The highest BCUT2D eigenvalue weighted by Gasteiger charge is 2.41. The van der Waals surface area contributed by atoms with Crippen molar-refractivity contribution in [3.8, 4) is 5.75 Å². The molecule has 0 unspecified atom stereocenters. The Bertz CT molecular complexity index is 512. The number of ether oxygens (including phenoxy) is 1. The zero-order valence-electron chi connectivity index (χ0n) is 12.4. The van der Waals surface area contributed by atoms with Crippen molar-refractivity contribution in [3.05, 3.63) is 28.3 Å². The van der Waals surface area contributed by atoms with Crippen LogP contribution >= 0.6 is 0 Å². The Morgan fingerprint density at radius 3 is 2.48 bits per heavy atom. The van der Waals surface area contributed by atoms with Crippen LogP contribution in [-0.4, -0.2) is 18.1 Å². The molecule has 2 fully saturated rings. The van der Waals surface area contributed by atoms with Gasteiger partial charge in [0.05, 0.1) is 17.6 Å². The normalized spacial score (nSPS) is 17.8. The predicted octanol–water partition coefficient (Wildman–Crippen LogP) is 3.84.